The fourth-order valence-electron chi connectivity index (χ4n) is 2.04. The van der Waals surface area contributed by atoms with Crippen LogP contribution in [0.1, 0.15) is 29.9 Å². The molecule has 1 saturated carbocycles. The number of ether oxygens (including phenoxy) is 1. The third-order valence-corrected chi connectivity index (χ3v) is 4.42. The lowest BCUT2D eigenvalue weighted by atomic mass is 10.2. The lowest BCUT2D eigenvalue weighted by molar-refractivity contribution is 0.156. The highest BCUT2D eigenvalue weighted by Crippen LogP contribution is 2.24. The van der Waals surface area contributed by atoms with E-state index in [0.717, 1.165) is 29.8 Å². The van der Waals surface area contributed by atoms with Crippen molar-refractivity contribution in [1.82, 2.24) is 10.5 Å². The maximum atomic E-state index is 5.18. The molecule has 0 aliphatic heterocycles. The van der Waals surface area contributed by atoms with Crippen LogP contribution < -0.4 is 5.32 Å². The van der Waals surface area contributed by atoms with Gasteiger partial charge in [-0.3, -0.25) is 0 Å². The zero-order chi connectivity index (χ0) is 14.5. The second-order valence-electron chi connectivity index (χ2n) is 5.31. The summed E-state index contributed by atoms with van der Waals surface area (Å²) in [6.45, 7) is 1.44. The van der Waals surface area contributed by atoms with Gasteiger partial charge in [-0.25, -0.2) is 0 Å². The van der Waals surface area contributed by atoms with Crippen LogP contribution in [0.5, 0.6) is 0 Å². The zero-order valence-electron chi connectivity index (χ0n) is 12.2. The lowest BCUT2D eigenvalue weighted by Gasteiger charge is -2.04. The van der Waals surface area contributed by atoms with Gasteiger partial charge in [0, 0.05) is 36.4 Å². The van der Waals surface area contributed by atoms with Crippen molar-refractivity contribution in [2.45, 2.75) is 42.7 Å². The van der Waals surface area contributed by atoms with Crippen LogP contribution in [0.15, 0.2) is 39.8 Å². The molecule has 0 spiro atoms. The van der Waals surface area contributed by atoms with Crippen molar-refractivity contribution in [1.29, 1.82) is 0 Å². The van der Waals surface area contributed by atoms with E-state index in [-0.39, 0.29) is 0 Å². The normalized spacial score (nSPS) is 14.5. The molecule has 0 amide bonds. The van der Waals surface area contributed by atoms with Gasteiger partial charge in [0.1, 0.15) is 6.61 Å². The number of methoxy groups -OCH3 is 1. The monoisotopic (exact) mass is 304 g/mol. The summed E-state index contributed by atoms with van der Waals surface area (Å²) >= 11 is 1.77. The van der Waals surface area contributed by atoms with Crippen LogP contribution in [0.4, 0.5) is 0 Å². The number of thioether (sulfide) groups is 1. The Hall–Kier alpha value is -1.30. The third-order valence-electron chi connectivity index (χ3n) is 3.38. The van der Waals surface area contributed by atoms with Crippen LogP contribution in [0.3, 0.4) is 0 Å². The number of hydrogen-bond acceptors (Lipinski definition) is 5. The molecule has 5 heteroatoms. The molecule has 1 aromatic carbocycles. The number of benzene rings is 1. The number of aromatic nitrogens is 1. The molecule has 0 bridgehead atoms. The minimum atomic E-state index is 0.473. The number of rotatable bonds is 8. The Morgan fingerprint density at radius 1 is 1.33 bits per heavy atom. The van der Waals surface area contributed by atoms with Crippen molar-refractivity contribution in [2.24, 2.45) is 0 Å². The van der Waals surface area contributed by atoms with Crippen molar-refractivity contribution in [3.63, 3.8) is 0 Å². The Labute approximate surface area is 129 Å². The summed E-state index contributed by atoms with van der Waals surface area (Å²) in [6.07, 6.45) is 2.66. The topological polar surface area (TPSA) is 47.3 Å². The molecule has 1 aliphatic rings. The van der Waals surface area contributed by atoms with E-state index in [0.29, 0.717) is 6.61 Å². The predicted octanol–water partition coefficient (Wildman–Crippen LogP) is 3.37. The van der Waals surface area contributed by atoms with Crippen molar-refractivity contribution >= 4 is 11.8 Å². The summed E-state index contributed by atoms with van der Waals surface area (Å²) in [4.78, 5) is 1.25. The van der Waals surface area contributed by atoms with E-state index in [1.165, 1.54) is 23.3 Å². The summed E-state index contributed by atoms with van der Waals surface area (Å²) in [5.41, 5.74) is 2.29. The fraction of sp³-hybridized carbons (Fsp3) is 0.438. The minimum Gasteiger partial charge on any atom is -0.377 e. The Morgan fingerprint density at radius 3 is 2.86 bits per heavy atom. The maximum absolute atomic E-state index is 5.18. The Kier molecular flexibility index (Phi) is 4.95. The molecule has 0 unspecified atom stereocenters. The molecule has 1 aromatic heterocycles. The van der Waals surface area contributed by atoms with Gasteiger partial charge in [0.2, 0.25) is 0 Å². The van der Waals surface area contributed by atoms with Crippen LogP contribution in [0, 0.1) is 0 Å². The molecule has 112 valence electrons. The van der Waals surface area contributed by atoms with E-state index >= 15 is 0 Å². The molecule has 21 heavy (non-hydrogen) atoms. The molecule has 2 aromatic rings. The molecule has 0 radical (unpaired) electrons. The Balaban J connectivity index is 1.47. The number of nitrogens with one attached hydrogen (secondary N) is 1. The van der Waals surface area contributed by atoms with Gasteiger partial charge >= 0.3 is 0 Å². The quantitative estimate of drug-likeness (QED) is 0.758. The Bertz CT molecular complexity index is 564. The molecular weight excluding hydrogens is 284 g/mol. The number of nitrogens with zero attached hydrogens (tertiary/aromatic N) is 1. The van der Waals surface area contributed by atoms with E-state index in [1.54, 1.807) is 18.9 Å². The molecule has 4 nitrogen and oxygen atoms in total. The highest BCUT2D eigenvalue weighted by atomic mass is 32.2. The minimum absolute atomic E-state index is 0.473. The van der Waals surface area contributed by atoms with E-state index in [1.807, 2.05) is 6.07 Å². The predicted molar refractivity (Wildman–Crippen MR) is 83.1 cm³/mol. The first-order chi connectivity index (χ1) is 10.3. The molecule has 1 fully saturated rings. The van der Waals surface area contributed by atoms with E-state index < -0.39 is 0 Å². The molecule has 0 saturated heterocycles. The molecule has 0 atom stereocenters. The first-order valence-corrected chi connectivity index (χ1v) is 8.20. The highest BCUT2D eigenvalue weighted by molar-refractivity contribution is 7.98. The molecule has 1 N–H and O–H groups in total. The van der Waals surface area contributed by atoms with Crippen molar-refractivity contribution < 1.29 is 9.26 Å². The van der Waals surface area contributed by atoms with Gasteiger partial charge < -0.3 is 14.6 Å². The van der Waals surface area contributed by atoms with Crippen molar-refractivity contribution in [2.75, 3.05) is 7.11 Å². The molecular formula is C16H20N2O2S. The number of hydrogen-bond donors (Lipinski definition) is 1. The van der Waals surface area contributed by atoms with Crippen molar-refractivity contribution in [3.8, 4) is 0 Å². The summed E-state index contributed by atoms with van der Waals surface area (Å²) in [7, 11) is 1.65. The molecule has 1 heterocycles. The zero-order valence-corrected chi connectivity index (χ0v) is 13.0. The van der Waals surface area contributed by atoms with Crippen LogP contribution in [-0.2, 0) is 23.6 Å². The van der Waals surface area contributed by atoms with Gasteiger partial charge in [0.05, 0.1) is 5.69 Å². The SMILES string of the molecule is COCc1cc(CSc2ccc(CNC3CC3)cc2)no1. The summed E-state index contributed by atoms with van der Waals surface area (Å²) in [6, 6.07) is 11.4. The molecule has 3 rings (SSSR count). The maximum Gasteiger partial charge on any atom is 0.162 e. The smallest absolute Gasteiger partial charge is 0.162 e. The van der Waals surface area contributed by atoms with Gasteiger partial charge in [0.25, 0.3) is 0 Å². The van der Waals surface area contributed by atoms with E-state index in [9.17, 15) is 0 Å². The summed E-state index contributed by atoms with van der Waals surface area (Å²) in [5, 5.41) is 7.56. The van der Waals surface area contributed by atoms with Crippen LogP contribution >= 0.6 is 11.8 Å². The average molecular weight is 304 g/mol. The largest absolute Gasteiger partial charge is 0.377 e. The van der Waals surface area contributed by atoms with Gasteiger partial charge in [-0.1, -0.05) is 17.3 Å². The average Bonchev–Trinajstić information content (AvgIpc) is 3.24. The van der Waals surface area contributed by atoms with Crippen LogP contribution in [0.2, 0.25) is 0 Å². The van der Waals surface area contributed by atoms with Gasteiger partial charge in [-0.05, 0) is 30.5 Å². The molecule has 1 aliphatic carbocycles. The van der Waals surface area contributed by atoms with Crippen molar-refractivity contribution in [3.05, 3.63) is 47.3 Å². The first kappa shape index (κ1) is 14.6. The Morgan fingerprint density at radius 2 is 2.14 bits per heavy atom. The van der Waals surface area contributed by atoms with Gasteiger partial charge in [-0.2, -0.15) is 0 Å². The summed E-state index contributed by atoms with van der Waals surface area (Å²) in [5.74, 6) is 1.59. The standard InChI is InChI=1S/C16H20N2O2S/c1-19-10-15-8-14(18-20-15)11-21-16-6-2-12(3-7-16)9-17-13-4-5-13/h2-3,6-8,13,17H,4-5,9-11H2,1H3. The fourth-order valence-corrected chi connectivity index (χ4v) is 2.82. The highest BCUT2D eigenvalue weighted by Gasteiger charge is 2.19. The lowest BCUT2D eigenvalue weighted by Crippen LogP contribution is -2.14. The van der Waals surface area contributed by atoms with Gasteiger partial charge in [0.15, 0.2) is 5.76 Å². The van der Waals surface area contributed by atoms with E-state index in [4.69, 9.17) is 9.26 Å². The summed E-state index contributed by atoms with van der Waals surface area (Å²) < 4.78 is 10.2. The van der Waals surface area contributed by atoms with E-state index in [2.05, 4.69) is 34.7 Å². The van der Waals surface area contributed by atoms with Crippen LogP contribution in [0.25, 0.3) is 0 Å². The second-order valence-corrected chi connectivity index (χ2v) is 6.35. The van der Waals surface area contributed by atoms with Crippen LogP contribution in [-0.4, -0.2) is 18.3 Å². The second kappa shape index (κ2) is 7.11. The van der Waals surface area contributed by atoms with Gasteiger partial charge in [-0.15, -0.1) is 11.8 Å². The first-order valence-electron chi connectivity index (χ1n) is 7.22. The third kappa shape index (κ3) is 4.59.